The fraction of sp³-hybridized carbons (Fsp3) is 0.333. The van der Waals surface area contributed by atoms with Crippen molar-refractivity contribution in [3.63, 3.8) is 0 Å². The molecule has 1 saturated heterocycles. The highest BCUT2D eigenvalue weighted by Gasteiger charge is 2.33. The second-order valence-electron chi connectivity index (χ2n) is 7.09. The fourth-order valence-electron chi connectivity index (χ4n) is 3.63. The first-order chi connectivity index (χ1) is 14.2. The van der Waals surface area contributed by atoms with Crippen molar-refractivity contribution in [1.82, 2.24) is 4.90 Å². The number of amides is 1. The van der Waals surface area contributed by atoms with E-state index >= 15 is 0 Å². The maximum Gasteiger partial charge on any atom is 0.306 e. The van der Waals surface area contributed by atoms with Crippen LogP contribution in [0.4, 0.5) is 0 Å². The number of fused-ring (bicyclic) bond motifs is 2. The summed E-state index contributed by atoms with van der Waals surface area (Å²) in [4.78, 5) is 26.3. The Morgan fingerprint density at radius 1 is 0.862 bits per heavy atom. The number of hydrogen-bond acceptors (Lipinski definition) is 7. The molecular formula is C21H19NO7. The van der Waals surface area contributed by atoms with E-state index in [0.717, 1.165) is 11.1 Å². The minimum absolute atomic E-state index is 0.191. The van der Waals surface area contributed by atoms with Crippen LogP contribution in [0.15, 0.2) is 36.4 Å². The van der Waals surface area contributed by atoms with Crippen LogP contribution < -0.4 is 18.9 Å². The number of nitrogens with zero attached hydrogens (tertiary/aromatic N) is 1. The van der Waals surface area contributed by atoms with E-state index in [1.165, 1.54) is 0 Å². The molecule has 1 atom stereocenters. The highest BCUT2D eigenvalue weighted by Crippen LogP contribution is 2.35. The zero-order valence-electron chi connectivity index (χ0n) is 15.6. The van der Waals surface area contributed by atoms with Crippen molar-refractivity contribution in [3.8, 4) is 23.0 Å². The summed E-state index contributed by atoms with van der Waals surface area (Å²) >= 11 is 0. The molecule has 0 unspecified atom stereocenters. The molecule has 0 saturated carbocycles. The van der Waals surface area contributed by atoms with Gasteiger partial charge in [-0.05, 0) is 35.4 Å². The van der Waals surface area contributed by atoms with Gasteiger partial charge in [0.25, 0.3) is 5.91 Å². The van der Waals surface area contributed by atoms with Crippen LogP contribution in [0.5, 0.6) is 23.0 Å². The lowest BCUT2D eigenvalue weighted by Gasteiger charge is -2.25. The molecule has 3 aliphatic heterocycles. The third-order valence-electron chi connectivity index (χ3n) is 5.09. The zero-order chi connectivity index (χ0) is 19.8. The summed E-state index contributed by atoms with van der Waals surface area (Å²) in [5.41, 5.74) is 1.79. The molecule has 0 aliphatic carbocycles. The van der Waals surface area contributed by atoms with Crippen molar-refractivity contribution in [3.05, 3.63) is 47.5 Å². The molecule has 150 valence electrons. The largest absolute Gasteiger partial charge is 0.454 e. The summed E-state index contributed by atoms with van der Waals surface area (Å²) < 4.78 is 26.8. The highest BCUT2D eigenvalue weighted by molar-refractivity contribution is 5.86. The van der Waals surface area contributed by atoms with Crippen LogP contribution in [0.25, 0.3) is 0 Å². The quantitative estimate of drug-likeness (QED) is 0.717. The van der Waals surface area contributed by atoms with Gasteiger partial charge >= 0.3 is 5.97 Å². The van der Waals surface area contributed by atoms with Crippen LogP contribution in [0, 0.1) is 0 Å². The lowest BCUT2D eigenvalue weighted by Crippen LogP contribution is -2.38. The first kappa shape index (κ1) is 17.7. The smallest absolute Gasteiger partial charge is 0.306 e. The monoisotopic (exact) mass is 397 g/mol. The number of carbonyl (C=O) groups excluding carboxylic acids is 2. The summed E-state index contributed by atoms with van der Waals surface area (Å²) in [6.07, 6.45) is -0.0834. The lowest BCUT2D eigenvalue weighted by molar-refractivity contribution is -0.153. The van der Waals surface area contributed by atoms with Crippen molar-refractivity contribution < 1.29 is 33.3 Å². The molecule has 2 aromatic rings. The predicted octanol–water partition coefficient (Wildman–Crippen LogP) is 2.38. The molecule has 0 spiro atoms. The van der Waals surface area contributed by atoms with Crippen molar-refractivity contribution in [2.75, 3.05) is 13.6 Å². The van der Waals surface area contributed by atoms with Crippen molar-refractivity contribution in [1.29, 1.82) is 0 Å². The first-order valence-corrected chi connectivity index (χ1v) is 9.41. The minimum Gasteiger partial charge on any atom is -0.454 e. The fourth-order valence-corrected chi connectivity index (χ4v) is 3.63. The third-order valence-corrected chi connectivity index (χ3v) is 5.09. The normalized spacial score (nSPS) is 18.6. The topological polar surface area (TPSA) is 83.5 Å². The van der Waals surface area contributed by atoms with E-state index in [0.29, 0.717) is 42.5 Å². The molecule has 29 heavy (non-hydrogen) atoms. The molecule has 0 radical (unpaired) electrons. The van der Waals surface area contributed by atoms with Gasteiger partial charge in [0.2, 0.25) is 13.6 Å². The maximum atomic E-state index is 13.1. The SMILES string of the molecule is O=C1CC[C@H](C(=O)N(Cc2ccc3c(c2)OCO3)Cc2ccc3c(c2)OCO3)O1. The Kier molecular flexibility index (Phi) is 4.38. The molecule has 0 bridgehead atoms. The van der Waals surface area contributed by atoms with E-state index in [-0.39, 0.29) is 31.9 Å². The second-order valence-corrected chi connectivity index (χ2v) is 7.09. The average molecular weight is 397 g/mol. The molecule has 8 nitrogen and oxygen atoms in total. The Morgan fingerprint density at radius 2 is 1.41 bits per heavy atom. The molecule has 8 heteroatoms. The van der Waals surface area contributed by atoms with Gasteiger partial charge < -0.3 is 28.6 Å². The summed E-state index contributed by atoms with van der Waals surface area (Å²) in [6, 6.07) is 11.2. The number of hydrogen-bond donors (Lipinski definition) is 0. The average Bonchev–Trinajstić information content (AvgIpc) is 3.46. The number of ether oxygens (including phenoxy) is 5. The van der Waals surface area contributed by atoms with Crippen LogP contribution in [-0.4, -0.2) is 36.5 Å². The number of cyclic esters (lactones) is 1. The van der Waals surface area contributed by atoms with E-state index in [1.807, 2.05) is 36.4 Å². The van der Waals surface area contributed by atoms with Crippen LogP contribution in [0.2, 0.25) is 0 Å². The molecule has 0 N–H and O–H groups in total. The maximum absolute atomic E-state index is 13.1. The van der Waals surface area contributed by atoms with Crippen LogP contribution in [-0.2, 0) is 27.4 Å². The van der Waals surface area contributed by atoms with Gasteiger partial charge in [0.15, 0.2) is 29.1 Å². The number of benzene rings is 2. The second kappa shape index (κ2) is 7.20. The van der Waals surface area contributed by atoms with Gasteiger partial charge in [-0.25, -0.2) is 0 Å². The summed E-state index contributed by atoms with van der Waals surface area (Å²) in [6.45, 7) is 1.07. The Hall–Kier alpha value is -3.42. The molecule has 1 fully saturated rings. The summed E-state index contributed by atoms with van der Waals surface area (Å²) in [5, 5.41) is 0. The van der Waals surface area contributed by atoms with E-state index in [9.17, 15) is 9.59 Å². The van der Waals surface area contributed by atoms with Crippen LogP contribution >= 0.6 is 0 Å². The number of rotatable bonds is 5. The van der Waals surface area contributed by atoms with Gasteiger partial charge in [-0.3, -0.25) is 9.59 Å². The zero-order valence-corrected chi connectivity index (χ0v) is 15.6. The van der Waals surface area contributed by atoms with E-state index < -0.39 is 6.10 Å². The molecule has 5 rings (SSSR count). The van der Waals surface area contributed by atoms with E-state index in [4.69, 9.17) is 23.7 Å². The first-order valence-electron chi connectivity index (χ1n) is 9.41. The summed E-state index contributed by atoms with van der Waals surface area (Å²) in [5.74, 6) is 2.13. The Bertz CT molecular complexity index is 914. The van der Waals surface area contributed by atoms with Crippen LogP contribution in [0.3, 0.4) is 0 Å². The van der Waals surface area contributed by atoms with Crippen molar-refractivity contribution >= 4 is 11.9 Å². The van der Waals surface area contributed by atoms with E-state index in [2.05, 4.69) is 0 Å². The molecule has 0 aromatic heterocycles. The predicted molar refractivity (Wildman–Crippen MR) is 98.5 cm³/mol. The van der Waals surface area contributed by atoms with Gasteiger partial charge in [-0.2, -0.15) is 0 Å². The van der Waals surface area contributed by atoms with Gasteiger partial charge in [0, 0.05) is 25.9 Å². The Labute approximate surface area is 166 Å². The van der Waals surface area contributed by atoms with Gasteiger partial charge in [-0.1, -0.05) is 12.1 Å². The van der Waals surface area contributed by atoms with Gasteiger partial charge in [0.05, 0.1) is 0 Å². The third kappa shape index (κ3) is 3.53. The molecule has 2 aromatic carbocycles. The van der Waals surface area contributed by atoms with Crippen LogP contribution in [0.1, 0.15) is 24.0 Å². The molecule has 3 heterocycles. The van der Waals surface area contributed by atoms with Crippen molar-refractivity contribution in [2.45, 2.75) is 32.0 Å². The van der Waals surface area contributed by atoms with Crippen molar-refractivity contribution in [2.24, 2.45) is 0 Å². The lowest BCUT2D eigenvalue weighted by atomic mass is 10.1. The molecular weight excluding hydrogens is 378 g/mol. The van der Waals surface area contributed by atoms with Gasteiger partial charge in [-0.15, -0.1) is 0 Å². The van der Waals surface area contributed by atoms with Gasteiger partial charge in [0.1, 0.15) is 0 Å². The number of esters is 1. The minimum atomic E-state index is -0.745. The highest BCUT2D eigenvalue weighted by atomic mass is 16.7. The molecule has 3 aliphatic rings. The summed E-state index contributed by atoms with van der Waals surface area (Å²) in [7, 11) is 0. The standard InChI is InChI=1S/C21H19NO7/c23-20-6-5-17(29-20)21(24)22(9-13-1-3-15-18(7-13)27-11-25-15)10-14-2-4-16-19(8-14)28-12-26-16/h1-4,7-8,17H,5-6,9-12H2/t17-/m1/s1. The Morgan fingerprint density at radius 3 is 1.93 bits per heavy atom. The Balaban J connectivity index is 1.39. The number of carbonyl (C=O) groups is 2. The van der Waals surface area contributed by atoms with E-state index in [1.54, 1.807) is 4.90 Å². The molecule has 1 amide bonds.